The zero-order valence-electron chi connectivity index (χ0n) is 18.1. The van der Waals surface area contributed by atoms with Crippen molar-refractivity contribution >= 4 is 46.1 Å². The Hall–Kier alpha value is -3.00. The number of halogens is 2. The lowest BCUT2D eigenvalue weighted by Gasteiger charge is -2.44. The molecular formula is C24H22Cl2N6O. The summed E-state index contributed by atoms with van der Waals surface area (Å²) in [5.41, 5.74) is 2.13. The fourth-order valence-corrected chi connectivity index (χ4v) is 4.45. The van der Waals surface area contributed by atoms with E-state index in [1.165, 1.54) is 6.33 Å². The minimum atomic E-state index is -0.471. The summed E-state index contributed by atoms with van der Waals surface area (Å²) in [7, 11) is 0. The molecule has 1 saturated heterocycles. The molecule has 4 aromatic rings. The second-order valence-corrected chi connectivity index (χ2v) is 9.33. The summed E-state index contributed by atoms with van der Waals surface area (Å²) < 4.78 is 1.90. The lowest BCUT2D eigenvalue weighted by atomic mass is 9.71. The molecule has 9 heteroatoms. The third-order valence-corrected chi connectivity index (χ3v) is 6.90. The number of hydrogen-bond acceptors (Lipinski definition) is 5. The second-order valence-electron chi connectivity index (χ2n) is 8.49. The van der Waals surface area contributed by atoms with Gasteiger partial charge in [-0.1, -0.05) is 49.2 Å². The molecule has 3 heterocycles. The van der Waals surface area contributed by atoms with Crippen molar-refractivity contribution in [2.75, 3.05) is 18.4 Å². The Labute approximate surface area is 201 Å². The first-order valence-electron chi connectivity index (χ1n) is 10.7. The number of aromatic nitrogens is 4. The topological polar surface area (TPSA) is 84.7 Å². The minimum Gasteiger partial charge on any atom is -0.314 e. The molecule has 0 bridgehead atoms. The average Bonchev–Trinajstić information content (AvgIpc) is 3.14. The molecule has 0 unspecified atom stereocenters. The molecule has 0 radical (unpaired) electrons. The van der Waals surface area contributed by atoms with Crippen LogP contribution in [0.5, 0.6) is 0 Å². The van der Waals surface area contributed by atoms with Crippen LogP contribution in [0.25, 0.3) is 28.2 Å². The van der Waals surface area contributed by atoms with Gasteiger partial charge in [-0.2, -0.15) is 0 Å². The summed E-state index contributed by atoms with van der Waals surface area (Å²) in [5.74, 6) is 1.08. The van der Waals surface area contributed by atoms with Crippen molar-refractivity contribution in [2.24, 2.45) is 11.3 Å². The number of rotatable bonds is 5. The third kappa shape index (κ3) is 3.66. The van der Waals surface area contributed by atoms with Crippen molar-refractivity contribution in [3.8, 4) is 17.1 Å². The zero-order chi connectivity index (χ0) is 23.2. The number of carbonyl (C=O) groups excluding carboxylic acids is 1. The minimum absolute atomic E-state index is 0.0726. The van der Waals surface area contributed by atoms with Crippen molar-refractivity contribution in [1.82, 2.24) is 24.8 Å². The standard InChI is InChI=1S/C24H22Cl2N6O/c1-14(2)24(11-27-12-24)23(33)31-20-19-22(29-13-28-20)32(16-9-7-15(25)8-10-16)21(30-19)17-5-3-4-6-18(17)26/h3-10,13-14,27H,11-12H2,1-2H3,(H,28,29,31,33). The number of amides is 1. The van der Waals surface area contributed by atoms with Crippen LogP contribution >= 0.6 is 23.2 Å². The van der Waals surface area contributed by atoms with Gasteiger partial charge in [0.1, 0.15) is 12.2 Å². The molecule has 33 heavy (non-hydrogen) atoms. The largest absolute Gasteiger partial charge is 0.314 e. The lowest BCUT2D eigenvalue weighted by Crippen LogP contribution is -2.62. The van der Waals surface area contributed by atoms with Crippen molar-refractivity contribution < 1.29 is 4.79 Å². The monoisotopic (exact) mass is 480 g/mol. The summed E-state index contributed by atoms with van der Waals surface area (Å²) in [5, 5.41) is 7.41. The number of anilines is 1. The van der Waals surface area contributed by atoms with Gasteiger partial charge in [0.2, 0.25) is 5.91 Å². The quantitative estimate of drug-likeness (QED) is 0.420. The highest BCUT2D eigenvalue weighted by Crippen LogP contribution is 2.36. The van der Waals surface area contributed by atoms with Crippen molar-refractivity contribution in [3.63, 3.8) is 0 Å². The first-order valence-corrected chi connectivity index (χ1v) is 11.4. The van der Waals surface area contributed by atoms with Crippen LogP contribution in [0.15, 0.2) is 54.9 Å². The smallest absolute Gasteiger partial charge is 0.234 e. The number of fused-ring (bicyclic) bond motifs is 1. The van der Waals surface area contributed by atoms with E-state index in [2.05, 4.69) is 34.4 Å². The molecule has 0 atom stereocenters. The Morgan fingerprint density at radius 3 is 2.45 bits per heavy atom. The zero-order valence-corrected chi connectivity index (χ0v) is 19.7. The molecule has 2 aromatic carbocycles. The highest BCUT2D eigenvalue weighted by molar-refractivity contribution is 6.33. The molecular weight excluding hydrogens is 459 g/mol. The molecule has 2 aromatic heterocycles. The highest BCUT2D eigenvalue weighted by Gasteiger charge is 2.47. The summed E-state index contributed by atoms with van der Waals surface area (Å²) in [4.78, 5) is 27.0. The Kier molecular flexibility index (Phi) is 5.56. The molecule has 1 aliphatic heterocycles. The Balaban J connectivity index is 1.68. The van der Waals surface area contributed by atoms with Gasteiger partial charge in [-0.3, -0.25) is 9.36 Å². The summed E-state index contributed by atoms with van der Waals surface area (Å²) in [6, 6.07) is 14.9. The molecule has 168 valence electrons. The van der Waals surface area contributed by atoms with Crippen LogP contribution in [-0.2, 0) is 4.79 Å². The van der Waals surface area contributed by atoms with Gasteiger partial charge in [-0.25, -0.2) is 15.0 Å². The molecule has 0 spiro atoms. The van der Waals surface area contributed by atoms with Crippen LogP contribution in [0.2, 0.25) is 10.0 Å². The van der Waals surface area contributed by atoms with Gasteiger partial charge in [-0.15, -0.1) is 0 Å². The highest BCUT2D eigenvalue weighted by atomic mass is 35.5. The van der Waals surface area contributed by atoms with Gasteiger partial charge in [0.25, 0.3) is 0 Å². The Morgan fingerprint density at radius 2 is 1.82 bits per heavy atom. The lowest BCUT2D eigenvalue weighted by molar-refractivity contribution is -0.131. The molecule has 5 rings (SSSR count). The van der Waals surface area contributed by atoms with Crippen LogP contribution in [0.4, 0.5) is 5.82 Å². The maximum absolute atomic E-state index is 13.2. The van der Waals surface area contributed by atoms with E-state index in [1.807, 2.05) is 41.0 Å². The van der Waals surface area contributed by atoms with E-state index in [9.17, 15) is 4.79 Å². The van der Waals surface area contributed by atoms with Crippen molar-refractivity contribution in [1.29, 1.82) is 0 Å². The van der Waals surface area contributed by atoms with E-state index >= 15 is 0 Å². The van der Waals surface area contributed by atoms with E-state index in [1.54, 1.807) is 12.1 Å². The molecule has 1 aliphatic rings. The second kappa shape index (κ2) is 8.41. The first-order chi connectivity index (χ1) is 15.9. The average molecular weight is 481 g/mol. The molecule has 2 N–H and O–H groups in total. The van der Waals surface area contributed by atoms with Crippen LogP contribution in [0, 0.1) is 11.3 Å². The van der Waals surface area contributed by atoms with Gasteiger partial charge in [0.05, 0.1) is 10.4 Å². The predicted molar refractivity (Wildman–Crippen MR) is 131 cm³/mol. The van der Waals surface area contributed by atoms with Gasteiger partial charge in [0, 0.05) is 29.4 Å². The number of carbonyl (C=O) groups is 1. The molecule has 0 saturated carbocycles. The van der Waals surface area contributed by atoms with E-state index < -0.39 is 5.41 Å². The number of benzene rings is 2. The molecule has 7 nitrogen and oxygen atoms in total. The van der Waals surface area contributed by atoms with Crippen LogP contribution < -0.4 is 10.6 Å². The van der Waals surface area contributed by atoms with Crippen molar-refractivity contribution in [2.45, 2.75) is 13.8 Å². The number of nitrogens with one attached hydrogen (secondary N) is 2. The maximum atomic E-state index is 13.2. The summed E-state index contributed by atoms with van der Waals surface area (Å²) in [6.45, 7) is 5.38. The maximum Gasteiger partial charge on any atom is 0.234 e. The van der Waals surface area contributed by atoms with E-state index in [0.29, 0.717) is 45.9 Å². The molecule has 1 amide bonds. The van der Waals surface area contributed by atoms with Crippen LogP contribution in [0.3, 0.4) is 0 Å². The van der Waals surface area contributed by atoms with Crippen molar-refractivity contribution in [3.05, 3.63) is 64.9 Å². The Morgan fingerprint density at radius 1 is 1.09 bits per heavy atom. The molecule has 0 aliphatic carbocycles. The van der Waals surface area contributed by atoms with E-state index in [4.69, 9.17) is 28.2 Å². The van der Waals surface area contributed by atoms with Gasteiger partial charge in [0.15, 0.2) is 17.0 Å². The predicted octanol–water partition coefficient (Wildman–Crippen LogP) is 4.97. The van der Waals surface area contributed by atoms with Gasteiger partial charge >= 0.3 is 0 Å². The normalized spacial score (nSPS) is 14.9. The molecule has 1 fully saturated rings. The van der Waals surface area contributed by atoms with E-state index in [0.717, 1.165) is 11.3 Å². The fraction of sp³-hybridized carbons (Fsp3) is 0.250. The summed E-state index contributed by atoms with van der Waals surface area (Å²) >= 11 is 12.6. The Bertz CT molecular complexity index is 1350. The number of hydrogen-bond donors (Lipinski definition) is 2. The fourth-order valence-electron chi connectivity index (χ4n) is 4.10. The van der Waals surface area contributed by atoms with E-state index in [-0.39, 0.29) is 11.8 Å². The van der Waals surface area contributed by atoms with Crippen LogP contribution in [0.1, 0.15) is 13.8 Å². The van der Waals surface area contributed by atoms with Crippen LogP contribution in [-0.4, -0.2) is 38.5 Å². The number of imidazole rings is 1. The van der Waals surface area contributed by atoms with Gasteiger partial charge < -0.3 is 10.6 Å². The SMILES string of the molecule is CC(C)C1(C(=O)Nc2ncnc3c2nc(-c2ccccc2Cl)n3-c2ccc(Cl)cc2)CNC1. The van der Waals surface area contributed by atoms with Gasteiger partial charge in [-0.05, 0) is 42.3 Å². The number of nitrogens with zero attached hydrogens (tertiary/aromatic N) is 4. The summed E-state index contributed by atoms with van der Waals surface area (Å²) in [6.07, 6.45) is 1.43. The third-order valence-electron chi connectivity index (χ3n) is 6.31. The first kappa shape index (κ1) is 21.8.